The Morgan fingerprint density at radius 2 is 1.26 bits per heavy atom. The van der Waals surface area contributed by atoms with E-state index in [0.717, 1.165) is 22.9 Å². The van der Waals surface area contributed by atoms with Crippen molar-refractivity contribution in [3.05, 3.63) is 48.5 Å². The smallest absolute Gasteiger partial charge is 0.171 e. The van der Waals surface area contributed by atoms with E-state index in [1.807, 2.05) is 55.5 Å². The van der Waals surface area contributed by atoms with Gasteiger partial charge in [0.15, 0.2) is 10.2 Å². The summed E-state index contributed by atoms with van der Waals surface area (Å²) in [6.07, 6.45) is 0. The highest BCUT2D eigenvalue weighted by atomic mass is 32.1. The molecule has 0 amide bonds. The Kier molecular flexibility index (Phi) is 8.09. The number of nitrogens with one attached hydrogen (secondary N) is 4. The van der Waals surface area contributed by atoms with Gasteiger partial charge in [0.05, 0.1) is 14.2 Å². The van der Waals surface area contributed by atoms with Crippen molar-refractivity contribution in [1.29, 1.82) is 0 Å². The van der Waals surface area contributed by atoms with Crippen LogP contribution in [0.1, 0.15) is 6.92 Å². The molecule has 2 rings (SSSR count). The van der Waals surface area contributed by atoms with Crippen molar-refractivity contribution in [2.24, 2.45) is 0 Å². The number of anilines is 2. The van der Waals surface area contributed by atoms with E-state index >= 15 is 0 Å². The van der Waals surface area contributed by atoms with Gasteiger partial charge in [-0.05, 0) is 79.9 Å². The van der Waals surface area contributed by atoms with E-state index < -0.39 is 0 Å². The van der Waals surface area contributed by atoms with Crippen LogP contribution in [0.25, 0.3) is 0 Å². The van der Waals surface area contributed by atoms with Crippen LogP contribution in [0.15, 0.2) is 48.5 Å². The van der Waals surface area contributed by atoms with Crippen molar-refractivity contribution in [3.8, 4) is 11.5 Å². The number of rotatable bonds is 7. The molecule has 6 nitrogen and oxygen atoms in total. The molecule has 1 atom stereocenters. The van der Waals surface area contributed by atoms with Gasteiger partial charge < -0.3 is 30.7 Å². The van der Waals surface area contributed by atoms with Crippen LogP contribution in [-0.2, 0) is 0 Å². The van der Waals surface area contributed by atoms with Crippen LogP contribution in [0.4, 0.5) is 11.4 Å². The molecule has 144 valence electrons. The highest BCUT2D eigenvalue weighted by Crippen LogP contribution is 2.15. The minimum absolute atomic E-state index is 0.0823. The first-order chi connectivity index (χ1) is 13.0. The van der Waals surface area contributed by atoms with Crippen LogP contribution in [-0.4, -0.2) is 37.0 Å². The summed E-state index contributed by atoms with van der Waals surface area (Å²) in [5, 5.41) is 13.7. The maximum atomic E-state index is 5.34. The summed E-state index contributed by atoms with van der Waals surface area (Å²) in [6.45, 7) is 2.64. The van der Waals surface area contributed by atoms with Crippen LogP contribution < -0.4 is 30.7 Å². The average Bonchev–Trinajstić information content (AvgIpc) is 2.67. The largest absolute Gasteiger partial charge is 0.497 e. The summed E-state index contributed by atoms with van der Waals surface area (Å²) in [7, 11) is 3.27. The highest BCUT2D eigenvalue weighted by molar-refractivity contribution is 7.80. The Morgan fingerprint density at radius 1 is 0.815 bits per heavy atom. The maximum Gasteiger partial charge on any atom is 0.171 e. The van der Waals surface area contributed by atoms with E-state index in [9.17, 15) is 0 Å². The van der Waals surface area contributed by atoms with Crippen molar-refractivity contribution in [3.63, 3.8) is 0 Å². The fourth-order valence-corrected chi connectivity index (χ4v) is 2.73. The number of ether oxygens (including phenoxy) is 2. The predicted molar refractivity (Wildman–Crippen MR) is 119 cm³/mol. The fourth-order valence-electron chi connectivity index (χ4n) is 2.21. The van der Waals surface area contributed by atoms with Crippen molar-refractivity contribution in [2.75, 3.05) is 31.4 Å². The van der Waals surface area contributed by atoms with E-state index in [2.05, 4.69) is 21.3 Å². The zero-order valence-corrected chi connectivity index (χ0v) is 17.2. The summed E-state index contributed by atoms with van der Waals surface area (Å²) < 4.78 is 10.3. The van der Waals surface area contributed by atoms with Crippen LogP contribution in [0, 0.1) is 0 Å². The lowest BCUT2D eigenvalue weighted by molar-refractivity contribution is 0.415. The molecule has 0 spiro atoms. The van der Waals surface area contributed by atoms with E-state index in [4.69, 9.17) is 33.9 Å². The van der Waals surface area contributed by atoms with E-state index in [-0.39, 0.29) is 6.04 Å². The van der Waals surface area contributed by atoms with Crippen molar-refractivity contribution in [1.82, 2.24) is 10.6 Å². The van der Waals surface area contributed by atoms with Gasteiger partial charge in [0, 0.05) is 24.0 Å². The standard InChI is InChI=1S/C19H24N4O2S2/c1-13(21-19(27)23-15-6-10-17(25-3)11-7-15)12-20-18(26)22-14-4-8-16(24-2)9-5-14/h4-11,13H,12H2,1-3H3,(H2,20,22,26)(H2,21,23,27)/t13-/m1/s1. The molecule has 0 unspecified atom stereocenters. The predicted octanol–water partition coefficient (Wildman–Crippen LogP) is 3.37. The lowest BCUT2D eigenvalue weighted by Gasteiger charge is -2.19. The Labute approximate surface area is 170 Å². The lowest BCUT2D eigenvalue weighted by atomic mass is 10.3. The Bertz CT molecular complexity index is 751. The van der Waals surface area contributed by atoms with E-state index in [1.54, 1.807) is 14.2 Å². The maximum absolute atomic E-state index is 5.34. The van der Waals surface area contributed by atoms with Crippen LogP contribution in [0.5, 0.6) is 11.5 Å². The number of methoxy groups -OCH3 is 2. The van der Waals surface area contributed by atoms with Crippen LogP contribution in [0.2, 0.25) is 0 Å². The first-order valence-electron chi connectivity index (χ1n) is 8.40. The first-order valence-corrected chi connectivity index (χ1v) is 9.22. The second-order valence-electron chi connectivity index (χ2n) is 5.79. The third kappa shape index (κ3) is 7.28. The van der Waals surface area contributed by atoms with Gasteiger partial charge >= 0.3 is 0 Å². The second-order valence-corrected chi connectivity index (χ2v) is 6.61. The van der Waals surface area contributed by atoms with Gasteiger partial charge in [0.1, 0.15) is 11.5 Å². The molecule has 2 aromatic carbocycles. The molecular formula is C19H24N4O2S2. The molecule has 0 saturated heterocycles. The second kappa shape index (κ2) is 10.5. The molecule has 0 fully saturated rings. The molecule has 0 heterocycles. The van der Waals surface area contributed by atoms with E-state index in [0.29, 0.717) is 16.8 Å². The van der Waals surface area contributed by atoms with E-state index in [1.165, 1.54) is 0 Å². The summed E-state index contributed by atoms with van der Waals surface area (Å²) >= 11 is 10.7. The third-order valence-corrected chi connectivity index (χ3v) is 4.11. The quantitative estimate of drug-likeness (QED) is 0.524. The molecule has 0 aromatic heterocycles. The van der Waals surface area contributed by atoms with Crippen LogP contribution in [0.3, 0.4) is 0 Å². The van der Waals surface area contributed by atoms with Gasteiger partial charge in [-0.25, -0.2) is 0 Å². The minimum atomic E-state index is 0.0823. The zero-order chi connectivity index (χ0) is 19.6. The Morgan fingerprint density at radius 3 is 1.70 bits per heavy atom. The summed E-state index contributed by atoms with van der Waals surface area (Å²) in [5.74, 6) is 1.60. The molecule has 4 N–H and O–H groups in total. The molecule has 27 heavy (non-hydrogen) atoms. The molecule has 0 aliphatic carbocycles. The third-order valence-electron chi connectivity index (χ3n) is 3.64. The number of benzene rings is 2. The SMILES string of the molecule is COc1ccc(NC(=S)NC[C@@H](C)NC(=S)Nc2ccc(OC)cc2)cc1. The van der Waals surface area contributed by atoms with Gasteiger partial charge in [-0.3, -0.25) is 0 Å². The molecule has 0 bridgehead atoms. The minimum Gasteiger partial charge on any atom is -0.497 e. The molecule has 0 radical (unpaired) electrons. The fraction of sp³-hybridized carbons (Fsp3) is 0.263. The lowest BCUT2D eigenvalue weighted by Crippen LogP contribution is -2.44. The molecule has 0 saturated carbocycles. The normalized spacial score (nSPS) is 11.1. The number of hydrogen-bond acceptors (Lipinski definition) is 4. The van der Waals surface area contributed by atoms with Gasteiger partial charge in [-0.1, -0.05) is 0 Å². The van der Waals surface area contributed by atoms with Crippen molar-refractivity contribution in [2.45, 2.75) is 13.0 Å². The van der Waals surface area contributed by atoms with Crippen molar-refractivity contribution < 1.29 is 9.47 Å². The monoisotopic (exact) mass is 404 g/mol. The molecule has 2 aromatic rings. The topological polar surface area (TPSA) is 66.6 Å². The van der Waals surface area contributed by atoms with Gasteiger partial charge in [0.25, 0.3) is 0 Å². The first kappa shape index (κ1) is 20.7. The summed E-state index contributed by atoms with van der Waals surface area (Å²) in [4.78, 5) is 0. The van der Waals surface area contributed by atoms with Gasteiger partial charge in [-0.2, -0.15) is 0 Å². The van der Waals surface area contributed by atoms with Gasteiger partial charge in [0.2, 0.25) is 0 Å². The average molecular weight is 405 g/mol. The molecular weight excluding hydrogens is 380 g/mol. The Balaban J connectivity index is 1.71. The molecule has 0 aliphatic heterocycles. The van der Waals surface area contributed by atoms with Gasteiger partial charge in [-0.15, -0.1) is 0 Å². The molecule has 0 aliphatic rings. The molecule has 8 heteroatoms. The van der Waals surface area contributed by atoms with Crippen LogP contribution >= 0.6 is 24.4 Å². The number of thiocarbonyl (C=S) groups is 2. The zero-order valence-electron chi connectivity index (χ0n) is 15.5. The highest BCUT2D eigenvalue weighted by Gasteiger charge is 2.06. The number of hydrogen-bond donors (Lipinski definition) is 4. The summed E-state index contributed by atoms with van der Waals surface area (Å²) in [5.41, 5.74) is 1.79. The Hall–Kier alpha value is -2.58. The van der Waals surface area contributed by atoms with Crippen molar-refractivity contribution >= 4 is 46.0 Å². The summed E-state index contributed by atoms with van der Waals surface area (Å²) in [6, 6.07) is 15.2.